The highest BCUT2D eigenvalue weighted by atomic mass is 16.5. The van der Waals surface area contributed by atoms with E-state index in [-0.39, 0.29) is 0 Å². The molecule has 0 aliphatic heterocycles. The van der Waals surface area contributed by atoms with Crippen molar-refractivity contribution in [1.29, 1.82) is 0 Å². The lowest BCUT2D eigenvalue weighted by molar-refractivity contribution is 0.414. The van der Waals surface area contributed by atoms with Gasteiger partial charge in [-0.25, -0.2) is 4.98 Å². The van der Waals surface area contributed by atoms with Gasteiger partial charge in [0.2, 0.25) is 0 Å². The van der Waals surface area contributed by atoms with Crippen LogP contribution in [0.1, 0.15) is 24.8 Å². The molecule has 0 amide bonds. The maximum absolute atomic E-state index is 5.20. The molecule has 0 aliphatic carbocycles. The molecule has 0 bridgehead atoms. The zero-order valence-corrected chi connectivity index (χ0v) is 14.7. The lowest BCUT2D eigenvalue weighted by Crippen LogP contribution is -2.39. The van der Waals surface area contributed by atoms with Gasteiger partial charge in [-0.15, -0.1) is 0 Å². The van der Waals surface area contributed by atoms with Crippen molar-refractivity contribution < 1.29 is 4.74 Å². The van der Waals surface area contributed by atoms with Crippen molar-refractivity contribution in [2.75, 3.05) is 27.2 Å². The van der Waals surface area contributed by atoms with E-state index in [1.807, 2.05) is 29.2 Å². The molecule has 1 unspecified atom stereocenters. The van der Waals surface area contributed by atoms with Crippen molar-refractivity contribution in [3.05, 3.63) is 48.5 Å². The number of guanidine groups is 1. The Balaban J connectivity index is 1.68. The van der Waals surface area contributed by atoms with Crippen LogP contribution in [0.15, 0.2) is 48.0 Å². The highest BCUT2D eigenvalue weighted by Crippen LogP contribution is 2.21. The number of methoxy groups -OCH3 is 1. The second kappa shape index (κ2) is 9.60. The van der Waals surface area contributed by atoms with E-state index < -0.39 is 0 Å². The Labute approximate surface area is 144 Å². The minimum absolute atomic E-state index is 0.479. The number of aromatic nitrogens is 2. The van der Waals surface area contributed by atoms with E-state index in [0.29, 0.717) is 5.92 Å². The van der Waals surface area contributed by atoms with Gasteiger partial charge in [-0.3, -0.25) is 4.99 Å². The number of hydrogen-bond acceptors (Lipinski definition) is 3. The summed E-state index contributed by atoms with van der Waals surface area (Å²) in [5.74, 6) is 2.20. The first kappa shape index (κ1) is 17.8. The van der Waals surface area contributed by atoms with Gasteiger partial charge in [-0.1, -0.05) is 19.1 Å². The van der Waals surface area contributed by atoms with Gasteiger partial charge in [0.25, 0.3) is 0 Å². The zero-order chi connectivity index (χ0) is 17.2. The summed E-state index contributed by atoms with van der Waals surface area (Å²) >= 11 is 0. The summed E-state index contributed by atoms with van der Waals surface area (Å²) in [6.07, 6.45) is 6.59. The molecule has 1 heterocycles. The minimum atomic E-state index is 0.479. The Morgan fingerprint density at radius 3 is 2.62 bits per heavy atom. The van der Waals surface area contributed by atoms with E-state index in [4.69, 9.17) is 4.74 Å². The second-order valence-electron chi connectivity index (χ2n) is 5.69. The summed E-state index contributed by atoms with van der Waals surface area (Å²) < 4.78 is 7.23. The van der Waals surface area contributed by atoms with Crippen LogP contribution in [0.4, 0.5) is 0 Å². The molecule has 24 heavy (non-hydrogen) atoms. The van der Waals surface area contributed by atoms with Gasteiger partial charge in [0.05, 0.1) is 13.4 Å². The van der Waals surface area contributed by atoms with Crippen LogP contribution in [-0.4, -0.2) is 42.8 Å². The molecular weight excluding hydrogens is 302 g/mol. The highest BCUT2D eigenvalue weighted by Gasteiger charge is 2.06. The number of benzene rings is 1. The van der Waals surface area contributed by atoms with E-state index in [1.165, 1.54) is 5.56 Å². The number of nitrogens with one attached hydrogen (secondary N) is 2. The summed E-state index contributed by atoms with van der Waals surface area (Å²) in [5, 5.41) is 6.67. The van der Waals surface area contributed by atoms with E-state index in [9.17, 15) is 0 Å². The average molecular weight is 329 g/mol. The van der Waals surface area contributed by atoms with E-state index >= 15 is 0 Å². The van der Waals surface area contributed by atoms with Gasteiger partial charge in [-0.2, -0.15) is 0 Å². The van der Waals surface area contributed by atoms with Crippen LogP contribution < -0.4 is 15.4 Å². The molecular formula is C18H27N5O. The normalized spacial score (nSPS) is 12.7. The van der Waals surface area contributed by atoms with Crippen LogP contribution >= 0.6 is 0 Å². The fourth-order valence-corrected chi connectivity index (χ4v) is 2.45. The van der Waals surface area contributed by atoms with Crippen LogP contribution in [0.25, 0.3) is 0 Å². The van der Waals surface area contributed by atoms with Gasteiger partial charge < -0.3 is 19.9 Å². The van der Waals surface area contributed by atoms with Crippen LogP contribution in [-0.2, 0) is 6.54 Å². The standard InChI is InChI=1S/C18H27N5O/c1-15(16-4-6-17(24-3)7-5-16)8-9-21-18(19-2)22-11-13-23-12-10-20-14-23/h4-7,10,12,14-15H,8-9,11,13H2,1-3H3,(H2,19,21,22). The predicted octanol–water partition coefficient (Wildman–Crippen LogP) is 2.25. The summed E-state index contributed by atoms with van der Waals surface area (Å²) in [7, 11) is 3.48. The molecule has 130 valence electrons. The third kappa shape index (κ3) is 5.61. The van der Waals surface area contributed by atoms with Crippen molar-refractivity contribution in [2.45, 2.75) is 25.8 Å². The highest BCUT2D eigenvalue weighted by molar-refractivity contribution is 5.79. The van der Waals surface area contributed by atoms with Gasteiger partial charge in [-0.05, 0) is 30.0 Å². The summed E-state index contributed by atoms with van der Waals surface area (Å²) in [4.78, 5) is 8.28. The molecule has 0 spiro atoms. The Kier molecular flexibility index (Phi) is 7.14. The first-order valence-corrected chi connectivity index (χ1v) is 8.27. The molecule has 6 nitrogen and oxygen atoms in total. The van der Waals surface area contributed by atoms with E-state index in [0.717, 1.165) is 37.8 Å². The Morgan fingerprint density at radius 1 is 1.25 bits per heavy atom. The molecule has 0 saturated heterocycles. The van der Waals surface area contributed by atoms with Crippen molar-refractivity contribution in [3.8, 4) is 5.75 Å². The second-order valence-corrected chi connectivity index (χ2v) is 5.69. The fraction of sp³-hybridized carbons (Fsp3) is 0.444. The van der Waals surface area contributed by atoms with Gasteiger partial charge in [0.1, 0.15) is 5.75 Å². The van der Waals surface area contributed by atoms with Crippen molar-refractivity contribution >= 4 is 5.96 Å². The Morgan fingerprint density at radius 2 is 2.00 bits per heavy atom. The molecule has 1 aromatic carbocycles. The first-order chi connectivity index (χ1) is 11.7. The molecule has 2 aromatic rings. The number of nitrogens with zero attached hydrogens (tertiary/aromatic N) is 3. The Bertz CT molecular complexity index is 607. The van der Waals surface area contributed by atoms with Crippen molar-refractivity contribution in [1.82, 2.24) is 20.2 Å². The van der Waals surface area contributed by atoms with Gasteiger partial charge in [0.15, 0.2) is 5.96 Å². The number of rotatable bonds is 8. The maximum atomic E-state index is 5.20. The predicted molar refractivity (Wildman–Crippen MR) is 97.6 cm³/mol. The quantitative estimate of drug-likeness (QED) is 0.576. The molecule has 0 aliphatic rings. The smallest absolute Gasteiger partial charge is 0.191 e. The van der Waals surface area contributed by atoms with Crippen molar-refractivity contribution in [3.63, 3.8) is 0 Å². The molecule has 0 fully saturated rings. The SMILES string of the molecule is CN=C(NCCC(C)c1ccc(OC)cc1)NCCn1ccnc1. The maximum Gasteiger partial charge on any atom is 0.191 e. The van der Waals surface area contributed by atoms with Crippen LogP contribution in [0.5, 0.6) is 5.75 Å². The molecule has 0 radical (unpaired) electrons. The lowest BCUT2D eigenvalue weighted by atomic mass is 9.98. The fourth-order valence-electron chi connectivity index (χ4n) is 2.45. The molecule has 1 aromatic heterocycles. The largest absolute Gasteiger partial charge is 0.497 e. The summed E-state index contributed by atoms with van der Waals surface area (Å²) in [6.45, 7) is 4.78. The Hall–Kier alpha value is -2.50. The third-order valence-electron chi connectivity index (χ3n) is 4.00. The molecule has 2 N–H and O–H groups in total. The monoisotopic (exact) mass is 329 g/mol. The zero-order valence-electron chi connectivity index (χ0n) is 14.7. The summed E-state index contributed by atoms with van der Waals surface area (Å²) in [6, 6.07) is 8.27. The molecule has 1 atom stereocenters. The number of hydrogen-bond donors (Lipinski definition) is 2. The van der Waals surface area contributed by atoms with Crippen LogP contribution in [0, 0.1) is 0 Å². The average Bonchev–Trinajstić information content (AvgIpc) is 3.13. The number of ether oxygens (including phenoxy) is 1. The van der Waals surface area contributed by atoms with E-state index in [1.54, 1.807) is 20.4 Å². The number of imidazole rings is 1. The lowest BCUT2D eigenvalue weighted by Gasteiger charge is -2.15. The van der Waals surface area contributed by atoms with Gasteiger partial charge in [0, 0.05) is 39.1 Å². The topological polar surface area (TPSA) is 63.5 Å². The van der Waals surface area contributed by atoms with E-state index in [2.05, 4.69) is 39.7 Å². The molecule has 0 saturated carbocycles. The number of aliphatic imine (C=N–C) groups is 1. The first-order valence-electron chi connectivity index (χ1n) is 8.27. The van der Waals surface area contributed by atoms with Crippen LogP contribution in [0.2, 0.25) is 0 Å². The van der Waals surface area contributed by atoms with Crippen molar-refractivity contribution in [2.24, 2.45) is 4.99 Å². The molecule has 6 heteroatoms. The van der Waals surface area contributed by atoms with Crippen LogP contribution in [0.3, 0.4) is 0 Å². The molecule has 2 rings (SSSR count). The third-order valence-corrected chi connectivity index (χ3v) is 4.00. The van der Waals surface area contributed by atoms with Gasteiger partial charge >= 0.3 is 0 Å². The summed E-state index contributed by atoms with van der Waals surface area (Å²) in [5.41, 5.74) is 1.32. The minimum Gasteiger partial charge on any atom is -0.497 e.